The lowest BCUT2D eigenvalue weighted by molar-refractivity contribution is 0.389. The molecule has 0 aliphatic heterocycles. The number of ether oxygens (including phenoxy) is 1. The number of halogens is 1. The van der Waals surface area contributed by atoms with Crippen LogP contribution in [-0.2, 0) is 0 Å². The molecule has 0 N–H and O–H groups in total. The number of hydrogen-bond donors (Lipinski definition) is 0. The van der Waals surface area contributed by atoms with E-state index in [0.717, 1.165) is 6.20 Å². The fraction of sp³-hybridized carbons (Fsp3) is 0.167. The summed E-state index contributed by atoms with van der Waals surface area (Å²) in [5, 5.41) is 8.37. The smallest absolute Gasteiger partial charge is 0.251 e. The van der Waals surface area contributed by atoms with Crippen molar-refractivity contribution >= 4 is 0 Å². The molecule has 1 aromatic rings. The van der Waals surface area contributed by atoms with E-state index in [4.69, 9.17) is 5.26 Å². The van der Waals surface area contributed by atoms with Crippen LogP contribution in [0.25, 0.3) is 0 Å². The highest BCUT2D eigenvalue weighted by Gasteiger charge is 2.05. The highest BCUT2D eigenvalue weighted by molar-refractivity contribution is 5.29. The van der Waals surface area contributed by atoms with Gasteiger partial charge in [-0.1, -0.05) is 0 Å². The third-order valence-electron chi connectivity index (χ3n) is 1.01. The van der Waals surface area contributed by atoms with Gasteiger partial charge < -0.3 is 4.74 Å². The average Bonchev–Trinajstić information content (AvgIpc) is 2.04. The van der Waals surface area contributed by atoms with Crippen molar-refractivity contribution in [2.24, 2.45) is 0 Å². The number of methoxy groups -OCH3 is 1. The van der Waals surface area contributed by atoms with Crippen molar-refractivity contribution in [3.05, 3.63) is 17.8 Å². The maximum Gasteiger partial charge on any atom is 0.251 e. The van der Waals surface area contributed by atoms with Crippen LogP contribution >= 0.6 is 0 Å². The minimum atomic E-state index is -0.789. The summed E-state index contributed by atoms with van der Waals surface area (Å²) in [6, 6.07) is 1.65. The highest BCUT2D eigenvalue weighted by atomic mass is 19.1. The molecule has 11 heavy (non-hydrogen) atoms. The number of nitrogens with zero attached hydrogens (tertiary/aromatic N) is 3. The van der Waals surface area contributed by atoms with Crippen molar-refractivity contribution < 1.29 is 9.13 Å². The van der Waals surface area contributed by atoms with Gasteiger partial charge in [-0.2, -0.15) is 9.65 Å². The van der Waals surface area contributed by atoms with E-state index in [2.05, 4.69) is 14.7 Å². The number of aromatic nitrogens is 2. The fourth-order valence-corrected chi connectivity index (χ4v) is 0.579. The van der Waals surface area contributed by atoms with E-state index in [1.165, 1.54) is 7.11 Å². The molecule has 5 heteroatoms. The van der Waals surface area contributed by atoms with Crippen molar-refractivity contribution in [1.82, 2.24) is 9.97 Å². The topological polar surface area (TPSA) is 58.8 Å². The van der Waals surface area contributed by atoms with Crippen molar-refractivity contribution in [1.29, 1.82) is 5.26 Å². The molecule has 0 spiro atoms. The first-order chi connectivity index (χ1) is 5.27. The Bertz CT molecular complexity index is 307. The lowest BCUT2D eigenvalue weighted by Gasteiger charge is -1.97. The summed E-state index contributed by atoms with van der Waals surface area (Å²) < 4.78 is 16.9. The van der Waals surface area contributed by atoms with Crippen LogP contribution in [-0.4, -0.2) is 17.1 Å². The summed E-state index contributed by atoms with van der Waals surface area (Å²) in [5.74, 6) is -0.753. The second-order valence-electron chi connectivity index (χ2n) is 1.66. The molecule has 0 unspecified atom stereocenters. The maximum absolute atomic E-state index is 12.3. The molecule has 1 heterocycles. The highest BCUT2D eigenvalue weighted by Crippen LogP contribution is 2.09. The van der Waals surface area contributed by atoms with Gasteiger partial charge >= 0.3 is 0 Å². The van der Waals surface area contributed by atoms with Crippen molar-refractivity contribution in [2.75, 3.05) is 7.11 Å². The van der Waals surface area contributed by atoms with Gasteiger partial charge in [-0.15, -0.1) is 0 Å². The van der Waals surface area contributed by atoms with Gasteiger partial charge in [0.25, 0.3) is 5.88 Å². The SMILES string of the molecule is COc1ncc(F)nc1C#N. The van der Waals surface area contributed by atoms with Gasteiger partial charge in [0, 0.05) is 0 Å². The van der Waals surface area contributed by atoms with E-state index in [0.29, 0.717) is 0 Å². The molecule has 0 atom stereocenters. The third kappa shape index (κ3) is 1.41. The molecule has 0 saturated heterocycles. The first kappa shape index (κ1) is 7.41. The van der Waals surface area contributed by atoms with E-state index >= 15 is 0 Å². The van der Waals surface area contributed by atoms with Gasteiger partial charge in [0.2, 0.25) is 11.6 Å². The monoisotopic (exact) mass is 153 g/mol. The molecule has 0 bridgehead atoms. The van der Waals surface area contributed by atoms with Gasteiger partial charge in [-0.25, -0.2) is 9.97 Å². The molecule has 56 valence electrons. The van der Waals surface area contributed by atoms with Gasteiger partial charge in [0.05, 0.1) is 13.3 Å². The lowest BCUT2D eigenvalue weighted by Crippen LogP contribution is -1.96. The Morgan fingerprint density at radius 3 is 3.00 bits per heavy atom. The van der Waals surface area contributed by atoms with Gasteiger partial charge in [0.15, 0.2) is 0 Å². The standard InChI is InChI=1S/C6H4FN3O/c1-11-6-4(2-8)10-5(7)3-9-6/h3H,1H3. The van der Waals surface area contributed by atoms with Crippen molar-refractivity contribution in [3.8, 4) is 11.9 Å². The van der Waals surface area contributed by atoms with Crippen molar-refractivity contribution in [2.45, 2.75) is 0 Å². The predicted octanol–water partition coefficient (Wildman–Crippen LogP) is 0.496. The van der Waals surface area contributed by atoms with E-state index in [9.17, 15) is 4.39 Å². The molecular weight excluding hydrogens is 149 g/mol. The minimum Gasteiger partial charge on any atom is -0.479 e. The second kappa shape index (κ2) is 2.92. The number of hydrogen-bond acceptors (Lipinski definition) is 4. The van der Waals surface area contributed by atoms with E-state index < -0.39 is 5.95 Å². The molecule has 0 aromatic carbocycles. The van der Waals surface area contributed by atoms with E-state index in [1.807, 2.05) is 0 Å². The normalized spacial score (nSPS) is 8.82. The molecule has 0 amide bonds. The molecule has 0 aliphatic rings. The minimum absolute atomic E-state index is 0.0360. The summed E-state index contributed by atoms with van der Waals surface area (Å²) in [4.78, 5) is 6.73. The molecule has 0 aliphatic carbocycles. The van der Waals surface area contributed by atoms with Crippen LogP contribution < -0.4 is 4.74 Å². The van der Waals surface area contributed by atoms with Crippen molar-refractivity contribution in [3.63, 3.8) is 0 Å². The summed E-state index contributed by atoms with van der Waals surface area (Å²) >= 11 is 0. The summed E-state index contributed by atoms with van der Waals surface area (Å²) in [6.45, 7) is 0. The number of nitriles is 1. The molecule has 0 radical (unpaired) electrons. The zero-order valence-electron chi connectivity index (χ0n) is 5.71. The first-order valence-corrected chi connectivity index (χ1v) is 2.74. The Labute approximate surface area is 62.3 Å². The van der Waals surface area contributed by atoms with Crippen LogP contribution in [0.5, 0.6) is 5.88 Å². The molecule has 1 aromatic heterocycles. The largest absolute Gasteiger partial charge is 0.479 e. The van der Waals surface area contributed by atoms with Crippen LogP contribution in [0.4, 0.5) is 4.39 Å². The zero-order valence-corrected chi connectivity index (χ0v) is 5.71. The summed E-state index contributed by atoms with van der Waals surface area (Å²) in [6.07, 6.45) is 0.889. The average molecular weight is 153 g/mol. The van der Waals surface area contributed by atoms with Crippen LogP contribution in [0, 0.1) is 17.3 Å². The van der Waals surface area contributed by atoms with Gasteiger partial charge in [0.1, 0.15) is 6.07 Å². The van der Waals surface area contributed by atoms with E-state index in [1.54, 1.807) is 6.07 Å². The quantitative estimate of drug-likeness (QED) is 0.589. The van der Waals surface area contributed by atoms with E-state index in [-0.39, 0.29) is 11.6 Å². The lowest BCUT2D eigenvalue weighted by atomic mass is 10.5. The second-order valence-corrected chi connectivity index (χ2v) is 1.66. The number of rotatable bonds is 1. The van der Waals surface area contributed by atoms with Gasteiger partial charge in [-0.05, 0) is 0 Å². The Kier molecular flexibility index (Phi) is 1.97. The van der Waals surface area contributed by atoms with Gasteiger partial charge in [-0.3, -0.25) is 0 Å². The Hall–Kier alpha value is -1.70. The molecule has 0 fully saturated rings. The molecule has 1 rings (SSSR count). The Morgan fingerprint density at radius 2 is 2.45 bits per heavy atom. The van der Waals surface area contributed by atoms with Crippen LogP contribution in [0.15, 0.2) is 6.20 Å². The molecular formula is C6H4FN3O. The molecule has 0 saturated carbocycles. The Morgan fingerprint density at radius 1 is 1.73 bits per heavy atom. The first-order valence-electron chi connectivity index (χ1n) is 2.74. The fourth-order valence-electron chi connectivity index (χ4n) is 0.579. The zero-order chi connectivity index (χ0) is 8.27. The maximum atomic E-state index is 12.3. The van der Waals surface area contributed by atoms with Crippen LogP contribution in [0.2, 0.25) is 0 Å². The summed E-state index contributed by atoms with van der Waals surface area (Å²) in [7, 11) is 1.34. The van der Waals surface area contributed by atoms with Crippen LogP contribution in [0.3, 0.4) is 0 Å². The molecule has 4 nitrogen and oxygen atoms in total. The Balaban J connectivity index is 3.19. The van der Waals surface area contributed by atoms with Crippen LogP contribution in [0.1, 0.15) is 5.69 Å². The third-order valence-corrected chi connectivity index (χ3v) is 1.01. The predicted molar refractivity (Wildman–Crippen MR) is 33.3 cm³/mol. The summed E-state index contributed by atoms with van der Waals surface area (Å²) in [5.41, 5.74) is -0.146.